The predicted molar refractivity (Wildman–Crippen MR) is 56.8 cm³/mol. The molecule has 0 aliphatic heterocycles. The molecule has 0 saturated carbocycles. The fraction of sp³-hybridized carbons (Fsp3) is 0.300. The number of nitrogens with zero attached hydrogens (tertiary/aromatic N) is 1. The Labute approximate surface area is 82.7 Å². The molecule has 0 bridgehead atoms. The van der Waals surface area contributed by atoms with Crippen molar-refractivity contribution in [3.63, 3.8) is 0 Å². The number of hydrogen-bond donors (Lipinski definition) is 1. The third kappa shape index (κ3) is 3.11. The summed E-state index contributed by atoms with van der Waals surface area (Å²) in [5, 5.41) is 11.5. The van der Waals surface area contributed by atoms with Gasteiger partial charge < -0.3 is 5.21 Å². The maximum atomic E-state index is 8.43. The van der Waals surface area contributed by atoms with Gasteiger partial charge in [-0.05, 0) is 18.2 Å². The van der Waals surface area contributed by atoms with E-state index in [0.717, 1.165) is 17.7 Å². The summed E-state index contributed by atoms with van der Waals surface area (Å²) in [6.07, 6.45) is 2.62. The summed E-state index contributed by atoms with van der Waals surface area (Å²) >= 11 is 1.78. The maximum Gasteiger partial charge on any atom is 0.0745 e. The first-order chi connectivity index (χ1) is 6.38. The topological polar surface area (TPSA) is 32.6 Å². The molecule has 3 heteroatoms. The van der Waals surface area contributed by atoms with E-state index in [1.807, 2.05) is 24.3 Å². The standard InChI is InChI=1S/C10H13NOS/c1-2-7-13-10-6-4-3-5-9(10)8-11-12/h3-6,8,12H,2,7H2,1H3/b11-8+. The van der Waals surface area contributed by atoms with Crippen molar-refractivity contribution in [2.24, 2.45) is 5.16 Å². The monoisotopic (exact) mass is 195 g/mol. The van der Waals surface area contributed by atoms with Gasteiger partial charge in [-0.1, -0.05) is 30.3 Å². The average Bonchev–Trinajstić information content (AvgIpc) is 2.17. The number of benzene rings is 1. The molecule has 0 radical (unpaired) electrons. The van der Waals surface area contributed by atoms with Crippen LogP contribution >= 0.6 is 11.8 Å². The van der Waals surface area contributed by atoms with Crippen LogP contribution in [0.15, 0.2) is 34.3 Å². The largest absolute Gasteiger partial charge is 0.411 e. The summed E-state index contributed by atoms with van der Waals surface area (Å²) in [7, 11) is 0. The van der Waals surface area contributed by atoms with E-state index in [9.17, 15) is 0 Å². The molecule has 0 atom stereocenters. The third-order valence-electron chi connectivity index (χ3n) is 1.58. The zero-order valence-corrected chi connectivity index (χ0v) is 8.42. The molecule has 1 rings (SSSR count). The van der Waals surface area contributed by atoms with Crippen LogP contribution in [0.25, 0.3) is 0 Å². The summed E-state index contributed by atoms with van der Waals surface area (Å²) in [6.45, 7) is 2.15. The molecule has 0 amide bonds. The third-order valence-corrected chi connectivity index (χ3v) is 2.87. The fourth-order valence-corrected chi connectivity index (χ4v) is 1.88. The second-order valence-electron chi connectivity index (χ2n) is 2.63. The van der Waals surface area contributed by atoms with Crippen molar-refractivity contribution in [3.8, 4) is 0 Å². The Balaban J connectivity index is 2.78. The lowest BCUT2D eigenvalue weighted by atomic mass is 10.2. The summed E-state index contributed by atoms with van der Waals surface area (Å²) < 4.78 is 0. The van der Waals surface area contributed by atoms with Crippen LogP contribution < -0.4 is 0 Å². The van der Waals surface area contributed by atoms with Crippen molar-refractivity contribution in [1.29, 1.82) is 0 Å². The van der Waals surface area contributed by atoms with Crippen LogP contribution in [0.4, 0.5) is 0 Å². The summed E-state index contributed by atoms with van der Waals surface area (Å²) in [5.74, 6) is 1.09. The molecular formula is C10H13NOS. The van der Waals surface area contributed by atoms with Gasteiger partial charge in [0.05, 0.1) is 6.21 Å². The van der Waals surface area contributed by atoms with Crippen molar-refractivity contribution in [2.75, 3.05) is 5.75 Å². The van der Waals surface area contributed by atoms with Crippen LogP contribution in [0.2, 0.25) is 0 Å². The van der Waals surface area contributed by atoms with E-state index < -0.39 is 0 Å². The molecule has 1 aromatic carbocycles. The van der Waals surface area contributed by atoms with Crippen molar-refractivity contribution in [2.45, 2.75) is 18.2 Å². The summed E-state index contributed by atoms with van der Waals surface area (Å²) in [6, 6.07) is 7.91. The maximum absolute atomic E-state index is 8.43. The van der Waals surface area contributed by atoms with E-state index >= 15 is 0 Å². The Hall–Kier alpha value is -0.960. The number of thioether (sulfide) groups is 1. The highest BCUT2D eigenvalue weighted by molar-refractivity contribution is 7.99. The average molecular weight is 195 g/mol. The van der Waals surface area contributed by atoms with E-state index in [2.05, 4.69) is 12.1 Å². The molecule has 1 aromatic rings. The minimum absolute atomic E-state index is 0.975. The molecule has 2 nitrogen and oxygen atoms in total. The Morgan fingerprint density at radius 3 is 2.92 bits per heavy atom. The molecule has 70 valence electrons. The van der Waals surface area contributed by atoms with Gasteiger partial charge in [0.15, 0.2) is 0 Å². The van der Waals surface area contributed by atoms with Gasteiger partial charge in [-0.3, -0.25) is 0 Å². The number of hydrogen-bond acceptors (Lipinski definition) is 3. The Bertz CT molecular complexity index is 286. The molecule has 13 heavy (non-hydrogen) atoms. The summed E-state index contributed by atoms with van der Waals surface area (Å²) in [4.78, 5) is 1.17. The van der Waals surface area contributed by atoms with E-state index in [1.165, 1.54) is 11.1 Å². The molecule has 0 aromatic heterocycles. The first-order valence-electron chi connectivity index (χ1n) is 4.27. The van der Waals surface area contributed by atoms with Gasteiger partial charge in [0, 0.05) is 10.5 Å². The highest BCUT2D eigenvalue weighted by Gasteiger charge is 1.98. The first kappa shape index (κ1) is 10.1. The SMILES string of the molecule is CCCSc1ccccc1/C=N/O. The van der Waals surface area contributed by atoms with Crippen molar-refractivity contribution in [3.05, 3.63) is 29.8 Å². The van der Waals surface area contributed by atoms with Gasteiger partial charge in [0.2, 0.25) is 0 Å². The van der Waals surface area contributed by atoms with Crippen LogP contribution in [0.1, 0.15) is 18.9 Å². The molecule has 0 unspecified atom stereocenters. The molecular weight excluding hydrogens is 182 g/mol. The number of oxime groups is 1. The predicted octanol–water partition coefficient (Wildman–Crippen LogP) is 3.00. The smallest absolute Gasteiger partial charge is 0.0745 e. The van der Waals surface area contributed by atoms with E-state index in [-0.39, 0.29) is 0 Å². The van der Waals surface area contributed by atoms with Gasteiger partial charge in [0.25, 0.3) is 0 Å². The van der Waals surface area contributed by atoms with Crippen LogP contribution in [-0.4, -0.2) is 17.2 Å². The molecule has 0 spiro atoms. The summed E-state index contributed by atoms with van der Waals surface area (Å²) in [5.41, 5.74) is 0.975. The minimum atomic E-state index is 0.975. The normalized spacial score (nSPS) is 10.8. The molecule has 1 N–H and O–H groups in total. The van der Waals surface area contributed by atoms with Gasteiger partial charge in [-0.25, -0.2) is 0 Å². The van der Waals surface area contributed by atoms with E-state index in [0.29, 0.717) is 0 Å². The second kappa shape index (κ2) is 5.65. The quantitative estimate of drug-likeness (QED) is 0.347. The van der Waals surface area contributed by atoms with Gasteiger partial charge in [-0.15, -0.1) is 11.8 Å². The molecule has 0 aliphatic rings. The zero-order valence-electron chi connectivity index (χ0n) is 7.60. The highest BCUT2D eigenvalue weighted by atomic mass is 32.2. The molecule has 0 heterocycles. The van der Waals surface area contributed by atoms with E-state index in [4.69, 9.17) is 5.21 Å². The van der Waals surface area contributed by atoms with Crippen molar-refractivity contribution < 1.29 is 5.21 Å². The highest BCUT2D eigenvalue weighted by Crippen LogP contribution is 2.21. The molecule has 0 aliphatic carbocycles. The lowest BCUT2D eigenvalue weighted by Gasteiger charge is -2.02. The van der Waals surface area contributed by atoms with Crippen molar-refractivity contribution >= 4 is 18.0 Å². The van der Waals surface area contributed by atoms with Gasteiger partial charge in [0.1, 0.15) is 0 Å². The second-order valence-corrected chi connectivity index (χ2v) is 3.77. The van der Waals surface area contributed by atoms with Crippen LogP contribution in [0.3, 0.4) is 0 Å². The van der Waals surface area contributed by atoms with Crippen LogP contribution in [0, 0.1) is 0 Å². The molecule has 0 saturated heterocycles. The lowest BCUT2D eigenvalue weighted by Crippen LogP contribution is -1.86. The minimum Gasteiger partial charge on any atom is -0.411 e. The lowest BCUT2D eigenvalue weighted by molar-refractivity contribution is 0.322. The Morgan fingerprint density at radius 1 is 1.46 bits per heavy atom. The first-order valence-corrected chi connectivity index (χ1v) is 5.26. The fourth-order valence-electron chi connectivity index (χ4n) is 0.993. The Kier molecular flexibility index (Phi) is 4.40. The van der Waals surface area contributed by atoms with Gasteiger partial charge >= 0.3 is 0 Å². The molecule has 0 fully saturated rings. The number of rotatable bonds is 4. The zero-order chi connectivity index (χ0) is 9.52. The van der Waals surface area contributed by atoms with Crippen molar-refractivity contribution in [1.82, 2.24) is 0 Å². The van der Waals surface area contributed by atoms with Crippen LogP contribution in [0.5, 0.6) is 0 Å². The van der Waals surface area contributed by atoms with Crippen LogP contribution in [-0.2, 0) is 0 Å². The van der Waals surface area contributed by atoms with E-state index in [1.54, 1.807) is 11.8 Å². The Morgan fingerprint density at radius 2 is 2.23 bits per heavy atom. The van der Waals surface area contributed by atoms with Gasteiger partial charge in [-0.2, -0.15) is 0 Å².